The Kier molecular flexibility index (Phi) is 25.8. The van der Waals surface area contributed by atoms with E-state index in [0.29, 0.717) is 0 Å². The molecule has 18 rings (SSSR count). The fourth-order valence-corrected chi connectivity index (χ4v) is 29.2. The zero-order valence-corrected chi connectivity index (χ0v) is 72.8. The molecule has 0 saturated heterocycles. The van der Waals surface area contributed by atoms with Gasteiger partial charge in [0.25, 0.3) is 0 Å². The van der Waals surface area contributed by atoms with Crippen molar-refractivity contribution in [3.63, 3.8) is 0 Å². The molecule has 18 aromatic rings. The smallest absolute Gasteiger partial charge is 0.165 e. The van der Waals surface area contributed by atoms with E-state index in [1.165, 1.54) is 146 Å². The van der Waals surface area contributed by atoms with Gasteiger partial charge in [0.05, 0.1) is 0 Å². The maximum atomic E-state index is 15.2. The predicted octanol–water partition coefficient (Wildman–Crippen LogP) is 31.2. The van der Waals surface area contributed by atoms with Crippen LogP contribution in [-0.4, -0.2) is 6.69 Å². The lowest BCUT2D eigenvalue weighted by atomic mass is 9.83. The van der Waals surface area contributed by atoms with Crippen LogP contribution in [-0.2, 0) is 0 Å². The molecular weight excluding hydrogens is 1740 g/mol. The lowest BCUT2D eigenvalue weighted by Crippen LogP contribution is -2.50. The van der Waals surface area contributed by atoms with Crippen LogP contribution >= 0.6 is 15.3 Å². The number of benzene rings is 18. The normalized spacial score (nSPS) is 11.9. The van der Waals surface area contributed by atoms with Crippen molar-refractivity contribution < 1.29 is 52.7 Å². The summed E-state index contributed by atoms with van der Waals surface area (Å²) in [6, 6.07) is 125. The number of hydrogen-bond acceptors (Lipinski definition) is 0. The fourth-order valence-electron chi connectivity index (χ4n) is 19.2. The molecule has 0 atom stereocenters. The van der Waals surface area contributed by atoms with E-state index in [-0.39, 0.29) is 0 Å². The summed E-state index contributed by atoms with van der Waals surface area (Å²) in [6.45, 7) is -4.38. The van der Waals surface area contributed by atoms with Gasteiger partial charge in [0.15, 0.2) is 6.69 Å². The van der Waals surface area contributed by atoms with Crippen LogP contribution in [0.25, 0.3) is 0 Å². The minimum Gasteiger partial charge on any atom is -0.207 e. The number of hydrogen-bond donors (Lipinski definition) is 0. The first-order chi connectivity index (χ1) is 63.7. The zero-order chi connectivity index (χ0) is 90.4. The molecule has 0 aliphatic carbocycles. The van der Waals surface area contributed by atoms with E-state index in [1.807, 2.05) is 0 Å². The second-order valence-electron chi connectivity index (χ2n) is 33.3. The van der Waals surface area contributed by atoms with E-state index in [4.69, 9.17) is 15.3 Å². The predicted molar refractivity (Wildman–Crippen MR) is 501 cm³/mol. The van der Waals surface area contributed by atoms with Crippen LogP contribution in [0, 0.1) is 69.8 Å². The Labute approximate surface area is 761 Å². The summed E-state index contributed by atoms with van der Waals surface area (Å²) >= 11 is 5.22. The van der Waals surface area contributed by atoms with Gasteiger partial charge in [0.2, 0.25) is 0 Å². The van der Waals surface area contributed by atoms with Crippen LogP contribution in [0.3, 0.4) is 0 Å². The Morgan fingerprint density at radius 1 is 0.107 bits per heavy atom. The van der Waals surface area contributed by atoms with Crippen molar-refractivity contribution in [3.05, 3.63) is 640 Å². The van der Waals surface area contributed by atoms with Gasteiger partial charge in [-0.05, 0) is 279 Å². The van der Waals surface area contributed by atoms with E-state index in [0.717, 1.165) is 134 Å². The van der Waals surface area contributed by atoms with Gasteiger partial charge in [0.1, 0.15) is 69.8 Å². The standard InChI is InChI=1S/C117H81BrF12Si/c118-131(115(91-13-1-73(2-14-91)109(79-25-49-97(119)50-26-79)80-27-51-98(120)52-28-80)92-15-3-74(4-16-92)110(81-29-53-99(121)54-30-81)82-31-55-100(122)56-32-82,116(93-17-5-75(6-18-93)111(83-33-57-101(123)58-34-83)84-35-59-102(124)60-36-84)94-19-7-76(8-20-94)112(85-37-61-103(125)62-38-85)86-39-63-104(126)64-40-86)117(95-21-9-77(10-22-95)113(87-41-65-105(127)66-42-87)88-43-67-106(128)68-44-88)96-23-11-78(12-24-96)114(89-45-69-107(129)70-46-89)90-47-71-108(130)72-48-90/h1-72,109-117H. The molecule has 0 aromatic heterocycles. The molecule has 18 aromatic carbocycles. The minimum absolute atomic E-state index is 0.448. The first-order valence-electron chi connectivity index (χ1n) is 43.0. The van der Waals surface area contributed by atoms with Gasteiger partial charge in [-0.1, -0.05) is 291 Å². The molecule has 0 aliphatic heterocycles. The maximum Gasteiger partial charge on any atom is 0.165 e. The van der Waals surface area contributed by atoms with E-state index in [1.54, 1.807) is 146 Å². The third kappa shape index (κ3) is 19.2. The Bertz CT molecular complexity index is 5520. The molecule has 0 saturated carbocycles. The molecule has 131 heavy (non-hydrogen) atoms. The molecule has 0 unspecified atom stereocenters. The van der Waals surface area contributed by atoms with E-state index >= 15 is 52.7 Å². The highest BCUT2D eigenvalue weighted by atomic mass is 79.9. The quantitative estimate of drug-likeness (QED) is 0.0208. The fraction of sp³-hybridized carbons (Fsp3) is 0.0769. The lowest BCUT2D eigenvalue weighted by molar-refractivity contribution is 0.625. The highest BCUT2D eigenvalue weighted by Gasteiger charge is 2.56. The lowest BCUT2D eigenvalue weighted by Gasteiger charge is -2.47. The second-order valence-corrected chi connectivity index (χ2v) is 40.9. The summed E-state index contributed by atoms with van der Waals surface area (Å²) in [4.78, 5) is 0. The molecule has 644 valence electrons. The average molecular weight is 1820 g/mol. The Morgan fingerprint density at radius 3 is 0.244 bits per heavy atom. The summed E-state index contributed by atoms with van der Waals surface area (Å²) in [7, 11) is 0. The zero-order valence-electron chi connectivity index (χ0n) is 70.2. The summed E-state index contributed by atoms with van der Waals surface area (Å²) in [5.74, 6) is -8.78. The van der Waals surface area contributed by atoms with Crippen molar-refractivity contribution >= 4 is 22.0 Å². The average Bonchev–Trinajstić information content (AvgIpc) is 0.714. The highest BCUT2D eigenvalue weighted by molar-refractivity contribution is 9.26. The minimum atomic E-state index is -4.38. The van der Waals surface area contributed by atoms with Crippen LogP contribution in [0.2, 0.25) is 0 Å². The van der Waals surface area contributed by atoms with Gasteiger partial charge >= 0.3 is 0 Å². The van der Waals surface area contributed by atoms with Crippen LogP contribution in [0.4, 0.5) is 52.7 Å². The molecule has 0 N–H and O–H groups in total. The van der Waals surface area contributed by atoms with E-state index in [2.05, 4.69) is 146 Å². The van der Waals surface area contributed by atoms with Gasteiger partial charge < -0.3 is 0 Å². The third-order valence-electron chi connectivity index (χ3n) is 25.4. The topological polar surface area (TPSA) is 0 Å². The van der Waals surface area contributed by atoms with Gasteiger partial charge in [0, 0.05) is 52.1 Å². The molecule has 0 aliphatic rings. The van der Waals surface area contributed by atoms with Crippen molar-refractivity contribution in [2.75, 3.05) is 0 Å². The molecule has 0 fully saturated rings. The van der Waals surface area contributed by atoms with Crippen LogP contribution in [0.5, 0.6) is 0 Å². The maximum absolute atomic E-state index is 15.2. The first-order valence-corrected chi connectivity index (χ1v) is 47.5. The number of rotatable bonds is 27. The van der Waals surface area contributed by atoms with Crippen molar-refractivity contribution in [1.29, 1.82) is 0 Å². The van der Waals surface area contributed by atoms with Gasteiger partial charge in [-0.3, -0.25) is 0 Å². The van der Waals surface area contributed by atoms with Crippen molar-refractivity contribution in [1.82, 2.24) is 0 Å². The summed E-state index contributed by atoms with van der Waals surface area (Å²) in [5.41, 5.74) is 15.8. The molecule has 0 spiro atoms. The Morgan fingerprint density at radius 2 is 0.168 bits per heavy atom. The Balaban J connectivity index is 0.953. The van der Waals surface area contributed by atoms with E-state index < -0.39 is 129 Å². The monoisotopic (exact) mass is 1820 g/mol. The first kappa shape index (κ1) is 87.5. The van der Waals surface area contributed by atoms with Gasteiger partial charge in [-0.15, -0.1) is 15.3 Å². The second kappa shape index (κ2) is 38.6. The number of halogens is 13. The molecule has 0 heterocycles. The van der Waals surface area contributed by atoms with Gasteiger partial charge in [-0.2, -0.15) is 0 Å². The molecule has 14 heteroatoms. The van der Waals surface area contributed by atoms with Gasteiger partial charge in [-0.25, -0.2) is 52.7 Å². The van der Waals surface area contributed by atoms with Crippen molar-refractivity contribution in [2.45, 2.75) is 52.1 Å². The largest absolute Gasteiger partial charge is 0.207 e. The molecule has 0 radical (unpaired) electrons. The molecule has 0 nitrogen and oxygen atoms in total. The van der Waals surface area contributed by atoms with Crippen LogP contribution < -0.4 is 0 Å². The van der Waals surface area contributed by atoms with Crippen LogP contribution in [0.15, 0.2) is 437 Å². The van der Waals surface area contributed by atoms with Crippen molar-refractivity contribution in [2.24, 2.45) is 0 Å². The van der Waals surface area contributed by atoms with Crippen molar-refractivity contribution in [3.8, 4) is 0 Å². The molecule has 0 amide bonds. The summed E-state index contributed by atoms with van der Waals surface area (Å²) in [6.07, 6.45) is 0. The Hall–Kier alpha value is -14.2. The van der Waals surface area contributed by atoms with E-state index in [9.17, 15) is 0 Å². The molecular formula is C117H81BrF12Si. The molecule has 0 bridgehead atoms. The van der Waals surface area contributed by atoms with Crippen LogP contribution in [0.1, 0.15) is 186 Å². The highest BCUT2D eigenvalue weighted by Crippen LogP contribution is 2.59. The third-order valence-corrected chi connectivity index (χ3v) is 34.2. The SMILES string of the molecule is Fc1ccc(C(c2ccc(F)cc2)c2ccc(C(c3ccc(C(c4ccc(F)cc4)c4ccc(F)cc4)cc3)[Si](Br)(C(c3ccc(C(c4ccc(F)cc4)c4ccc(F)cc4)cc3)c3ccc(C(c4ccc(F)cc4)c4ccc(F)cc4)cc3)C(c3ccc(C(c4ccc(F)cc4)c4ccc(F)cc4)cc3)c3ccc(C(c4ccc(F)cc4)c4ccc(F)cc4)cc3)cc2)cc1. The summed E-state index contributed by atoms with van der Waals surface area (Å²) < 4.78 is 183. The summed E-state index contributed by atoms with van der Waals surface area (Å²) in [5, 5.41) is 0.